The molecule has 0 aliphatic rings. The van der Waals surface area contributed by atoms with Gasteiger partial charge in [-0.25, -0.2) is 8.42 Å². The van der Waals surface area contributed by atoms with Crippen LogP contribution in [0, 0.1) is 0 Å². The summed E-state index contributed by atoms with van der Waals surface area (Å²) in [4.78, 5) is 12.2. The molecule has 0 aliphatic carbocycles. The van der Waals surface area contributed by atoms with E-state index in [2.05, 4.69) is 5.32 Å². The third-order valence-electron chi connectivity index (χ3n) is 2.93. The lowest BCUT2D eigenvalue weighted by molar-refractivity contribution is -0.114. The van der Waals surface area contributed by atoms with Gasteiger partial charge in [0.05, 0.1) is 11.9 Å². The first-order chi connectivity index (χ1) is 11.1. The molecule has 0 unspecified atom stereocenters. The second-order valence-corrected chi connectivity index (χ2v) is 8.17. The molecule has 2 rings (SSSR count). The van der Waals surface area contributed by atoms with Gasteiger partial charge in [-0.05, 0) is 36.4 Å². The summed E-state index contributed by atoms with van der Waals surface area (Å²) in [6.07, 6.45) is 0.995. The van der Waals surface area contributed by atoms with Gasteiger partial charge in [-0.1, -0.05) is 40.9 Å². The number of nitrogens with zero attached hydrogens (tertiary/aromatic N) is 1. The Morgan fingerprint density at radius 2 is 1.67 bits per heavy atom. The Morgan fingerprint density at radius 1 is 1.04 bits per heavy atom. The highest BCUT2D eigenvalue weighted by molar-refractivity contribution is 7.92. The molecule has 2 aromatic rings. The molecule has 1 N–H and O–H groups in total. The Bertz CT molecular complexity index is 852. The summed E-state index contributed by atoms with van der Waals surface area (Å²) in [5.41, 5.74) is 0.668. The predicted octanol–water partition coefficient (Wildman–Crippen LogP) is 4.05. The topological polar surface area (TPSA) is 66.5 Å². The van der Waals surface area contributed by atoms with Crippen LogP contribution in [0.4, 0.5) is 11.4 Å². The average molecular weight is 408 g/mol. The maximum atomic E-state index is 12.2. The molecule has 9 heteroatoms. The van der Waals surface area contributed by atoms with E-state index in [1.165, 1.54) is 18.2 Å². The molecule has 0 bridgehead atoms. The minimum absolute atomic E-state index is 0.205. The zero-order chi connectivity index (χ0) is 17.9. The molecular formula is C15H13Cl3N2O3S. The Morgan fingerprint density at radius 3 is 2.21 bits per heavy atom. The van der Waals surface area contributed by atoms with Crippen LogP contribution in [0.25, 0.3) is 0 Å². The molecule has 0 atom stereocenters. The van der Waals surface area contributed by atoms with Crippen LogP contribution in [0.15, 0.2) is 42.5 Å². The first-order valence-electron chi connectivity index (χ1n) is 6.64. The smallest absolute Gasteiger partial charge is 0.245 e. The summed E-state index contributed by atoms with van der Waals surface area (Å²) in [7, 11) is -3.72. The second kappa shape index (κ2) is 7.61. The fourth-order valence-electron chi connectivity index (χ4n) is 1.98. The summed E-state index contributed by atoms with van der Waals surface area (Å²) < 4.78 is 25.0. The number of carbonyl (C=O) groups is 1. The van der Waals surface area contributed by atoms with E-state index < -0.39 is 22.5 Å². The van der Waals surface area contributed by atoms with Crippen LogP contribution >= 0.6 is 34.8 Å². The molecule has 128 valence electrons. The number of sulfonamides is 1. The van der Waals surface area contributed by atoms with Crippen molar-refractivity contribution in [2.24, 2.45) is 0 Å². The molecule has 0 aliphatic heterocycles. The maximum absolute atomic E-state index is 12.2. The Labute approximate surface area is 155 Å². The molecule has 5 nitrogen and oxygen atoms in total. The molecule has 24 heavy (non-hydrogen) atoms. The number of rotatable bonds is 5. The van der Waals surface area contributed by atoms with Crippen molar-refractivity contribution in [2.45, 2.75) is 0 Å². The van der Waals surface area contributed by atoms with Crippen molar-refractivity contribution in [1.82, 2.24) is 0 Å². The van der Waals surface area contributed by atoms with Crippen LogP contribution in [0.1, 0.15) is 0 Å². The molecule has 0 saturated heterocycles. The first kappa shape index (κ1) is 18.9. The van der Waals surface area contributed by atoms with Crippen LogP contribution in [-0.2, 0) is 14.8 Å². The van der Waals surface area contributed by atoms with Crippen molar-refractivity contribution < 1.29 is 13.2 Å². The van der Waals surface area contributed by atoms with Crippen LogP contribution in [-0.4, -0.2) is 27.1 Å². The summed E-state index contributed by atoms with van der Waals surface area (Å²) in [5.74, 6) is -0.529. The van der Waals surface area contributed by atoms with Gasteiger partial charge in [0.15, 0.2) is 0 Å². The van der Waals surface area contributed by atoms with E-state index in [0.29, 0.717) is 10.7 Å². The Kier molecular flexibility index (Phi) is 5.98. The third-order valence-corrected chi connectivity index (χ3v) is 4.74. The van der Waals surface area contributed by atoms with Crippen molar-refractivity contribution >= 4 is 62.1 Å². The molecular weight excluding hydrogens is 395 g/mol. The fraction of sp³-hybridized carbons (Fsp3) is 0.133. The molecule has 0 fully saturated rings. The van der Waals surface area contributed by atoms with Crippen molar-refractivity contribution in [1.29, 1.82) is 0 Å². The van der Waals surface area contributed by atoms with Crippen LogP contribution in [0.5, 0.6) is 0 Å². The number of benzene rings is 2. The van der Waals surface area contributed by atoms with Gasteiger partial charge >= 0.3 is 0 Å². The lowest BCUT2D eigenvalue weighted by Crippen LogP contribution is -2.37. The number of carbonyl (C=O) groups excluding carboxylic acids is 1. The number of hydrogen-bond acceptors (Lipinski definition) is 3. The summed E-state index contributed by atoms with van der Waals surface area (Å²) in [5, 5.41) is 3.57. The van der Waals surface area contributed by atoms with E-state index >= 15 is 0 Å². The monoisotopic (exact) mass is 406 g/mol. The zero-order valence-electron chi connectivity index (χ0n) is 12.5. The largest absolute Gasteiger partial charge is 0.324 e. The van der Waals surface area contributed by atoms with E-state index in [0.717, 1.165) is 10.6 Å². The number of halogens is 3. The quantitative estimate of drug-likeness (QED) is 0.813. The highest BCUT2D eigenvalue weighted by Gasteiger charge is 2.21. The predicted molar refractivity (Wildman–Crippen MR) is 98.7 cm³/mol. The van der Waals surface area contributed by atoms with Crippen LogP contribution in [0.2, 0.25) is 15.1 Å². The Balaban J connectivity index is 2.25. The molecule has 1 amide bonds. The van der Waals surface area contributed by atoms with E-state index in [1.54, 1.807) is 24.3 Å². The third kappa shape index (κ3) is 5.27. The first-order valence-corrected chi connectivity index (χ1v) is 9.62. The molecule has 2 aromatic carbocycles. The lowest BCUT2D eigenvalue weighted by Gasteiger charge is -2.22. The number of anilines is 2. The van der Waals surface area contributed by atoms with E-state index in [4.69, 9.17) is 34.8 Å². The molecule has 0 aromatic heterocycles. The molecule has 0 spiro atoms. The minimum Gasteiger partial charge on any atom is -0.324 e. The van der Waals surface area contributed by atoms with Gasteiger partial charge in [0.1, 0.15) is 6.54 Å². The zero-order valence-corrected chi connectivity index (χ0v) is 15.5. The van der Waals surface area contributed by atoms with Gasteiger partial charge in [0.25, 0.3) is 0 Å². The highest BCUT2D eigenvalue weighted by Crippen LogP contribution is 2.27. The summed E-state index contributed by atoms with van der Waals surface area (Å²) in [6, 6.07) is 10.8. The average Bonchev–Trinajstić information content (AvgIpc) is 2.42. The Hall–Kier alpha value is -1.47. The van der Waals surface area contributed by atoms with Gasteiger partial charge in [0, 0.05) is 20.8 Å². The second-order valence-electron chi connectivity index (χ2n) is 4.96. The summed E-state index contributed by atoms with van der Waals surface area (Å²) >= 11 is 17.7. The van der Waals surface area contributed by atoms with Crippen LogP contribution < -0.4 is 9.62 Å². The number of nitrogens with one attached hydrogen (secondary N) is 1. The number of hydrogen-bond donors (Lipinski definition) is 1. The SMILES string of the molecule is CS(=O)(=O)N(CC(=O)Nc1cccc(Cl)c1)c1cc(Cl)cc(Cl)c1. The fourth-order valence-corrected chi connectivity index (χ4v) is 3.53. The number of amides is 1. The van der Waals surface area contributed by atoms with Gasteiger partial charge in [-0.2, -0.15) is 0 Å². The van der Waals surface area contributed by atoms with Gasteiger partial charge in [0.2, 0.25) is 15.9 Å². The van der Waals surface area contributed by atoms with E-state index in [1.807, 2.05) is 0 Å². The maximum Gasteiger partial charge on any atom is 0.245 e. The minimum atomic E-state index is -3.72. The van der Waals surface area contributed by atoms with Crippen molar-refractivity contribution in [3.05, 3.63) is 57.5 Å². The van der Waals surface area contributed by atoms with Gasteiger partial charge in [-0.15, -0.1) is 0 Å². The normalized spacial score (nSPS) is 11.2. The summed E-state index contributed by atoms with van der Waals surface area (Å²) in [6.45, 7) is -0.429. The molecule has 0 heterocycles. The van der Waals surface area contributed by atoms with Crippen molar-refractivity contribution in [3.63, 3.8) is 0 Å². The standard InChI is InChI=1S/C15H13Cl3N2O3S/c1-24(22,23)20(14-7-11(17)5-12(18)8-14)9-15(21)19-13-4-2-3-10(16)6-13/h2-8H,9H2,1H3,(H,19,21). The van der Waals surface area contributed by atoms with Crippen LogP contribution in [0.3, 0.4) is 0 Å². The van der Waals surface area contributed by atoms with Gasteiger partial charge < -0.3 is 5.32 Å². The van der Waals surface area contributed by atoms with Crippen molar-refractivity contribution in [3.8, 4) is 0 Å². The van der Waals surface area contributed by atoms with E-state index in [9.17, 15) is 13.2 Å². The molecule has 0 radical (unpaired) electrons. The van der Waals surface area contributed by atoms with Crippen molar-refractivity contribution in [2.75, 3.05) is 22.4 Å². The molecule has 0 saturated carbocycles. The van der Waals surface area contributed by atoms with Gasteiger partial charge in [-0.3, -0.25) is 9.10 Å². The van der Waals surface area contributed by atoms with E-state index in [-0.39, 0.29) is 15.7 Å². The lowest BCUT2D eigenvalue weighted by atomic mass is 10.3. The highest BCUT2D eigenvalue weighted by atomic mass is 35.5.